The molecule has 0 spiro atoms. The fourth-order valence-corrected chi connectivity index (χ4v) is 3.01. The van der Waals surface area contributed by atoms with E-state index in [1.165, 1.54) is 43.5 Å². The van der Waals surface area contributed by atoms with Crippen LogP contribution >= 0.6 is 0 Å². The van der Waals surface area contributed by atoms with Gasteiger partial charge in [0.15, 0.2) is 11.5 Å². The van der Waals surface area contributed by atoms with E-state index < -0.39 is 21.9 Å². The molecule has 2 aromatic rings. The molecular weight excluding hydrogens is 364 g/mol. The number of rotatable bonds is 5. The molecule has 9 nitrogen and oxygen atoms in total. The number of sulfonamides is 1. The van der Waals surface area contributed by atoms with Crippen molar-refractivity contribution < 1.29 is 32.2 Å². The normalized spacial score (nSPS) is 12.5. The van der Waals surface area contributed by atoms with E-state index in [2.05, 4.69) is 10.2 Å². The molecule has 0 saturated heterocycles. The van der Waals surface area contributed by atoms with Crippen LogP contribution in [0.25, 0.3) is 0 Å². The van der Waals surface area contributed by atoms with Crippen molar-refractivity contribution >= 4 is 21.9 Å². The van der Waals surface area contributed by atoms with Crippen molar-refractivity contribution in [1.82, 2.24) is 10.3 Å². The number of amides is 1. The summed E-state index contributed by atoms with van der Waals surface area (Å²) in [5.74, 6) is -0.345. The van der Waals surface area contributed by atoms with E-state index in [0.717, 1.165) is 0 Å². The van der Waals surface area contributed by atoms with Crippen LogP contribution in [-0.2, 0) is 14.8 Å². The fourth-order valence-electron chi connectivity index (χ4n) is 2.17. The van der Waals surface area contributed by atoms with Crippen LogP contribution in [0.2, 0.25) is 0 Å². The van der Waals surface area contributed by atoms with Crippen LogP contribution < -0.4 is 19.7 Å². The predicted octanol–water partition coefficient (Wildman–Crippen LogP) is 0.825. The number of nitrogens with one attached hydrogen (secondary N) is 2. The van der Waals surface area contributed by atoms with Gasteiger partial charge in [0.05, 0.1) is 17.6 Å². The van der Waals surface area contributed by atoms with Gasteiger partial charge in [0.2, 0.25) is 6.79 Å². The zero-order valence-corrected chi connectivity index (χ0v) is 14.3. The molecule has 26 heavy (non-hydrogen) atoms. The highest BCUT2D eigenvalue weighted by molar-refractivity contribution is 7.89. The first kappa shape index (κ1) is 17.7. The quantitative estimate of drug-likeness (QED) is 0.584. The lowest BCUT2D eigenvalue weighted by atomic mass is 10.2. The van der Waals surface area contributed by atoms with Crippen LogP contribution in [0.1, 0.15) is 20.7 Å². The van der Waals surface area contributed by atoms with Gasteiger partial charge >= 0.3 is 5.97 Å². The Labute approximate surface area is 148 Å². The number of fused-ring (bicyclic) bond motifs is 1. The lowest BCUT2D eigenvalue weighted by Crippen LogP contribution is -2.41. The third kappa shape index (κ3) is 3.60. The third-order valence-corrected chi connectivity index (χ3v) is 4.78. The van der Waals surface area contributed by atoms with E-state index in [9.17, 15) is 18.0 Å². The molecule has 0 atom stereocenters. The fraction of sp³-hybridized carbons (Fsp3) is 0.125. The number of ether oxygens (including phenoxy) is 3. The average molecular weight is 378 g/mol. The number of hydrazine groups is 1. The highest BCUT2D eigenvalue weighted by atomic mass is 32.2. The van der Waals surface area contributed by atoms with Crippen LogP contribution in [0.15, 0.2) is 47.4 Å². The Hall–Kier alpha value is -3.11. The molecule has 0 bridgehead atoms. The number of carbonyl (C=O) groups is 2. The summed E-state index contributed by atoms with van der Waals surface area (Å²) in [6.45, 7) is 0.0641. The minimum atomic E-state index is -4.01. The number of hydrogen-bond donors (Lipinski definition) is 2. The van der Waals surface area contributed by atoms with Gasteiger partial charge in [-0.3, -0.25) is 10.2 Å². The summed E-state index contributed by atoms with van der Waals surface area (Å²) >= 11 is 0. The third-order valence-electron chi connectivity index (χ3n) is 3.52. The van der Waals surface area contributed by atoms with Crippen LogP contribution in [0.5, 0.6) is 11.5 Å². The summed E-state index contributed by atoms with van der Waals surface area (Å²) in [6, 6.07) is 9.53. The van der Waals surface area contributed by atoms with Crippen LogP contribution in [0.4, 0.5) is 0 Å². The summed E-state index contributed by atoms with van der Waals surface area (Å²) in [5.41, 5.74) is 2.51. The van der Waals surface area contributed by atoms with Crippen LogP contribution in [-0.4, -0.2) is 34.2 Å². The molecule has 10 heteroatoms. The van der Waals surface area contributed by atoms with Crippen molar-refractivity contribution in [3.8, 4) is 11.5 Å². The topological polar surface area (TPSA) is 120 Å². The number of hydrogen-bond acceptors (Lipinski definition) is 7. The number of esters is 1. The second-order valence-electron chi connectivity index (χ2n) is 5.14. The molecule has 1 heterocycles. The van der Waals surface area contributed by atoms with Gasteiger partial charge in [-0.05, 0) is 42.5 Å². The molecule has 1 aliphatic heterocycles. The molecule has 1 aliphatic rings. The van der Waals surface area contributed by atoms with Crippen molar-refractivity contribution in [2.75, 3.05) is 13.9 Å². The molecule has 1 amide bonds. The first-order valence-corrected chi connectivity index (χ1v) is 8.79. The highest BCUT2D eigenvalue weighted by Gasteiger charge is 2.19. The lowest BCUT2D eigenvalue weighted by Gasteiger charge is -2.09. The van der Waals surface area contributed by atoms with Gasteiger partial charge in [0.25, 0.3) is 15.9 Å². The standard InChI is InChI=1S/C16H14N2O7S/c1-23-16(20)10-2-5-12(6-3-10)26(21,22)18-17-15(19)11-4-7-13-14(8-11)25-9-24-13/h2-8,18H,9H2,1H3,(H,17,19). The van der Waals surface area contributed by atoms with Crippen molar-refractivity contribution in [3.05, 3.63) is 53.6 Å². The van der Waals surface area contributed by atoms with Gasteiger partial charge in [-0.15, -0.1) is 4.83 Å². The highest BCUT2D eigenvalue weighted by Crippen LogP contribution is 2.32. The Kier molecular flexibility index (Phi) is 4.78. The summed E-state index contributed by atoms with van der Waals surface area (Å²) in [4.78, 5) is 25.3. The second kappa shape index (κ2) is 7.02. The summed E-state index contributed by atoms with van der Waals surface area (Å²) in [5, 5.41) is 0. The van der Waals surface area contributed by atoms with E-state index in [0.29, 0.717) is 11.5 Å². The Morgan fingerprint density at radius 2 is 1.65 bits per heavy atom. The molecule has 136 valence electrons. The number of benzene rings is 2. The molecule has 0 saturated carbocycles. The van der Waals surface area contributed by atoms with E-state index in [1.807, 2.05) is 4.83 Å². The van der Waals surface area contributed by atoms with Gasteiger partial charge < -0.3 is 14.2 Å². The summed E-state index contributed by atoms with van der Waals surface area (Å²) < 4.78 is 39.3. The Morgan fingerprint density at radius 1 is 1.00 bits per heavy atom. The number of methoxy groups -OCH3 is 1. The van der Waals surface area contributed by atoms with Crippen LogP contribution in [0.3, 0.4) is 0 Å². The van der Waals surface area contributed by atoms with E-state index in [1.54, 1.807) is 6.07 Å². The van der Waals surface area contributed by atoms with E-state index in [-0.39, 0.29) is 22.8 Å². The molecule has 0 radical (unpaired) electrons. The van der Waals surface area contributed by atoms with Gasteiger partial charge in [-0.2, -0.15) is 0 Å². The average Bonchev–Trinajstić information content (AvgIpc) is 3.13. The maximum atomic E-state index is 12.2. The molecule has 0 unspecified atom stereocenters. The maximum Gasteiger partial charge on any atom is 0.337 e. The largest absolute Gasteiger partial charge is 0.465 e. The van der Waals surface area contributed by atoms with Gasteiger partial charge in [-0.25, -0.2) is 13.2 Å². The van der Waals surface area contributed by atoms with Crippen molar-refractivity contribution in [2.45, 2.75) is 4.90 Å². The SMILES string of the molecule is COC(=O)c1ccc(S(=O)(=O)NNC(=O)c2ccc3c(c2)OCO3)cc1. The monoisotopic (exact) mass is 378 g/mol. The summed E-state index contributed by atoms with van der Waals surface area (Å²) in [7, 11) is -2.79. The molecule has 3 rings (SSSR count). The van der Waals surface area contributed by atoms with E-state index in [4.69, 9.17) is 9.47 Å². The smallest absolute Gasteiger partial charge is 0.337 e. The maximum absolute atomic E-state index is 12.2. The van der Waals surface area contributed by atoms with Crippen molar-refractivity contribution in [3.63, 3.8) is 0 Å². The van der Waals surface area contributed by atoms with E-state index >= 15 is 0 Å². The minimum absolute atomic E-state index is 0.0641. The molecule has 0 aromatic heterocycles. The molecule has 2 N–H and O–H groups in total. The lowest BCUT2D eigenvalue weighted by molar-refractivity contribution is 0.0600. The minimum Gasteiger partial charge on any atom is -0.465 e. The zero-order valence-electron chi connectivity index (χ0n) is 13.5. The van der Waals surface area contributed by atoms with Crippen LogP contribution in [0, 0.1) is 0 Å². The second-order valence-corrected chi connectivity index (χ2v) is 6.83. The first-order chi connectivity index (χ1) is 12.4. The predicted molar refractivity (Wildman–Crippen MR) is 88.1 cm³/mol. The molecule has 2 aromatic carbocycles. The Balaban J connectivity index is 1.68. The zero-order chi connectivity index (χ0) is 18.7. The summed E-state index contributed by atoms with van der Waals surface area (Å²) in [6.07, 6.45) is 0. The van der Waals surface area contributed by atoms with Gasteiger partial charge in [-0.1, -0.05) is 0 Å². The number of carbonyl (C=O) groups excluding carboxylic acids is 2. The molecule has 0 fully saturated rings. The van der Waals surface area contributed by atoms with Gasteiger partial charge in [0.1, 0.15) is 0 Å². The van der Waals surface area contributed by atoms with Gasteiger partial charge in [0, 0.05) is 5.56 Å². The first-order valence-electron chi connectivity index (χ1n) is 7.31. The Morgan fingerprint density at radius 3 is 2.35 bits per heavy atom. The Bertz CT molecular complexity index is 955. The van der Waals surface area contributed by atoms with Crippen molar-refractivity contribution in [1.29, 1.82) is 0 Å². The molecular formula is C16H14N2O7S. The van der Waals surface area contributed by atoms with Crippen molar-refractivity contribution in [2.24, 2.45) is 0 Å². The molecule has 0 aliphatic carbocycles.